The number of fused-ring (bicyclic) bond motifs is 4. The zero-order valence-corrected chi connectivity index (χ0v) is 14.3. The Kier molecular flexibility index (Phi) is 3.18. The van der Waals surface area contributed by atoms with E-state index < -0.39 is 0 Å². The van der Waals surface area contributed by atoms with Crippen molar-refractivity contribution in [3.8, 4) is 0 Å². The van der Waals surface area contributed by atoms with Gasteiger partial charge in [0.25, 0.3) is 0 Å². The number of amidine groups is 1. The average molecular weight is 343 g/mol. The molecule has 0 unspecified atom stereocenters. The van der Waals surface area contributed by atoms with Gasteiger partial charge in [0.15, 0.2) is 5.78 Å². The molecule has 6 nitrogen and oxygen atoms in total. The van der Waals surface area contributed by atoms with Crippen LogP contribution in [0.4, 0.5) is 5.69 Å². The molecule has 2 N–H and O–H groups in total. The molecule has 0 bridgehead atoms. The maximum absolute atomic E-state index is 12.8. The van der Waals surface area contributed by atoms with Gasteiger partial charge in [0, 0.05) is 23.7 Å². The molecule has 0 spiro atoms. The fourth-order valence-electron chi connectivity index (χ4n) is 3.54. The number of carbonyl (C=O) groups is 1. The van der Waals surface area contributed by atoms with Crippen LogP contribution in [0.5, 0.6) is 0 Å². The van der Waals surface area contributed by atoms with E-state index in [2.05, 4.69) is 44.2 Å². The molecule has 5 rings (SSSR count). The number of aryl methyl sites for hydroxylation is 1. The molecule has 26 heavy (non-hydrogen) atoms. The predicted octanol–water partition coefficient (Wildman–Crippen LogP) is 3.08. The molecule has 2 aliphatic heterocycles. The lowest BCUT2D eigenvalue weighted by Gasteiger charge is -2.32. The van der Waals surface area contributed by atoms with E-state index in [0.29, 0.717) is 5.56 Å². The summed E-state index contributed by atoms with van der Waals surface area (Å²) in [5.41, 5.74) is 5.58. The number of anilines is 1. The Balaban J connectivity index is 1.56. The fraction of sp³-hybridized carbons (Fsp3) is 0.150. The Labute approximate surface area is 150 Å². The number of aliphatic imine (C=N–C) groups is 1. The van der Waals surface area contributed by atoms with E-state index in [9.17, 15) is 4.79 Å². The van der Waals surface area contributed by atoms with Crippen molar-refractivity contribution in [3.05, 3.63) is 71.3 Å². The molecule has 3 aromatic rings. The van der Waals surface area contributed by atoms with Gasteiger partial charge in [-0.1, -0.05) is 12.1 Å². The topological polar surface area (TPSA) is 73.4 Å². The first-order valence-corrected chi connectivity index (χ1v) is 8.59. The molecule has 0 atom stereocenters. The Hall–Kier alpha value is -3.41. The minimum absolute atomic E-state index is 0.0488. The smallest absolute Gasteiger partial charge is 0.189 e. The lowest BCUT2D eigenvalue weighted by atomic mass is 10.0. The number of carbonyl (C=O) groups excluding carboxylic acids is 1. The van der Waals surface area contributed by atoms with Gasteiger partial charge in [-0.25, -0.2) is 4.98 Å². The predicted molar refractivity (Wildman–Crippen MR) is 101 cm³/mol. The molecular weight excluding hydrogens is 326 g/mol. The van der Waals surface area contributed by atoms with E-state index in [4.69, 9.17) is 0 Å². The number of rotatable bonds is 2. The van der Waals surface area contributed by atoms with E-state index in [0.717, 1.165) is 52.6 Å². The van der Waals surface area contributed by atoms with Crippen molar-refractivity contribution in [2.45, 2.75) is 6.92 Å². The summed E-state index contributed by atoms with van der Waals surface area (Å²) in [6.45, 7) is 3.56. The largest absolute Gasteiger partial charge is 0.345 e. The highest BCUT2D eigenvalue weighted by Gasteiger charge is 2.30. The van der Waals surface area contributed by atoms with Crippen molar-refractivity contribution in [1.29, 1.82) is 0 Å². The monoisotopic (exact) mass is 343 g/mol. The Morgan fingerprint density at radius 1 is 1.27 bits per heavy atom. The minimum Gasteiger partial charge on any atom is -0.345 e. The second-order valence-electron chi connectivity index (χ2n) is 6.51. The van der Waals surface area contributed by atoms with Crippen LogP contribution >= 0.6 is 0 Å². The first-order chi connectivity index (χ1) is 12.7. The molecule has 3 heterocycles. The average Bonchev–Trinajstić information content (AvgIpc) is 3.31. The highest BCUT2D eigenvalue weighted by molar-refractivity contribution is 6.11. The zero-order chi connectivity index (χ0) is 17.7. The number of para-hydroxylation sites is 1. The molecule has 128 valence electrons. The molecule has 0 radical (unpaired) electrons. The lowest BCUT2D eigenvalue weighted by Crippen LogP contribution is -2.36. The number of nitrogens with zero attached hydrogens (tertiary/aromatic N) is 3. The van der Waals surface area contributed by atoms with Gasteiger partial charge in [-0.15, -0.1) is 0 Å². The Morgan fingerprint density at radius 3 is 3.12 bits per heavy atom. The van der Waals surface area contributed by atoms with E-state index in [-0.39, 0.29) is 5.78 Å². The molecule has 0 fully saturated rings. The quantitative estimate of drug-likeness (QED) is 0.554. The normalized spacial score (nSPS) is 17.0. The van der Waals surface area contributed by atoms with Crippen molar-refractivity contribution in [3.63, 3.8) is 0 Å². The van der Waals surface area contributed by atoms with Gasteiger partial charge < -0.3 is 15.2 Å². The van der Waals surface area contributed by atoms with Crippen LogP contribution < -0.4 is 5.32 Å². The van der Waals surface area contributed by atoms with Crippen LogP contribution in [-0.2, 0) is 0 Å². The van der Waals surface area contributed by atoms with Gasteiger partial charge >= 0.3 is 0 Å². The summed E-state index contributed by atoms with van der Waals surface area (Å²) in [7, 11) is 0. The fourth-order valence-corrected chi connectivity index (χ4v) is 3.54. The summed E-state index contributed by atoms with van der Waals surface area (Å²) < 4.78 is 0. The SMILES string of the molecule is Cc1cccc2c1NC(=CC(=O)c1ccc3nc[nH]c3c1)N1CCN=C21. The lowest BCUT2D eigenvalue weighted by molar-refractivity contribution is 0.104. The number of aromatic nitrogens is 2. The summed E-state index contributed by atoms with van der Waals surface area (Å²) in [5, 5.41) is 3.43. The number of imidazole rings is 1. The Morgan fingerprint density at radius 2 is 2.19 bits per heavy atom. The van der Waals surface area contributed by atoms with Crippen molar-refractivity contribution in [1.82, 2.24) is 14.9 Å². The van der Waals surface area contributed by atoms with Crippen molar-refractivity contribution >= 4 is 28.3 Å². The van der Waals surface area contributed by atoms with E-state index >= 15 is 0 Å². The van der Waals surface area contributed by atoms with Gasteiger partial charge in [-0.05, 0) is 36.8 Å². The van der Waals surface area contributed by atoms with Crippen LogP contribution in [-0.4, -0.2) is 39.6 Å². The van der Waals surface area contributed by atoms with Gasteiger partial charge in [-0.3, -0.25) is 9.79 Å². The number of hydrogen-bond donors (Lipinski definition) is 2. The number of hydrogen-bond acceptors (Lipinski definition) is 5. The van der Waals surface area contributed by atoms with Crippen LogP contribution in [0, 0.1) is 6.92 Å². The van der Waals surface area contributed by atoms with Gasteiger partial charge in [0.2, 0.25) is 0 Å². The molecule has 2 aliphatic rings. The molecule has 0 saturated carbocycles. The van der Waals surface area contributed by atoms with Crippen molar-refractivity contribution < 1.29 is 4.79 Å². The van der Waals surface area contributed by atoms with Crippen LogP contribution in [0.25, 0.3) is 11.0 Å². The Bertz CT molecular complexity index is 1110. The molecule has 6 heteroatoms. The first-order valence-electron chi connectivity index (χ1n) is 8.59. The summed E-state index contributed by atoms with van der Waals surface area (Å²) >= 11 is 0. The third-order valence-electron chi connectivity index (χ3n) is 4.87. The molecule has 1 aromatic heterocycles. The number of H-pyrrole nitrogens is 1. The number of aromatic amines is 1. The molecule has 0 saturated heterocycles. The molecule has 0 amide bonds. The molecule has 0 aliphatic carbocycles. The number of nitrogens with one attached hydrogen (secondary N) is 2. The van der Waals surface area contributed by atoms with Gasteiger partial charge in [0.1, 0.15) is 11.7 Å². The summed E-state index contributed by atoms with van der Waals surface area (Å²) in [6, 6.07) is 11.7. The van der Waals surface area contributed by atoms with Crippen LogP contribution in [0.15, 0.2) is 59.6 Å². The zero-order valence-electron chi connectivity index (χ0n) is 14.3. The van der Waals surface area contributed by atoms with Crippen LogP contribution in [0.3, 0.4) is 0 Å². The maximum atomic E-state index is 12.8. The van der Waals surface area contributed by atoms with Crippen LogP contribution in [0.2, 0.25) is 0 Å². The number of benzene rings is 2. The second kappa shape index (κ2) is 5.56. The third kappa shape index (κ3) is 2.23. The molecular formula is C20H17N5O. The third-order valence-corrected chi connectivity index (χ3v) is 4.87. The van der Waals surface area contributed by atoms with E-state index in [1.54, 1.807) is 12.4 Å². The van der Waals surface area contributed by atoms with Crippen LogP contribution in [0.1, 0.15) is 21.5 Å². The molecule has 2 aromatic carbocycles. The number of ketones is 1. The minimum atomic E-state index is -0.0488. The standard InChI is InChI=1S/C20H17N5O/c1-12-3-2-4-14-19(12)24-18(25-8-7-21-20(14)25)10-17(26)13-5-6-15-16(9-13)23-11-22-15/h2-6,9-11,24H,7-8H2,1H3,(H,22,23). The number of allylic oxidation sites excluding steroid dienone is 1. The summed E-state index contributed by atoms with van der Waals surface area (Å²) in [4.78, 5) is 26.8. The van der Waals surface area contributed by atoms with Gasteiger partial charge in [0.05, 0.1) is 29.6 Å². The highest BCUT2D eigenvalue weighted by Crippen LogP contribution is 2.32. The highest BCUT2D eigenvalue weighted by atomic mass is 16.1. The van der Waals surface area contributed by atoms with Gasteiger partial charge in [-0.2, -0.15) is 0 Å². The van der Waals surface area contributed by atoms with E-state index in [1.165, 1.54) is 0 Å². The first kappa shape index (κ1) is 14.9. The summed E-state index contributed by atoms with van der Waals surface area (Å²) in [6.07, 6.45) is 3.29. The van der Waals surface area contributed by atoms with Crippen molar-refractivity contribution in [2.24, 2.45) is 4.99 Å². The summed E-state index contributed by atoms with van der Waals surface area (Å²) in [5.74, 6) is 1.66. The second-order valence-corrected chi connectivity index (χ2v) is 6.51. The van der Waals surface area contributed by atoms with E-state index in [1.807, 2.05) is 24.3 Å². The maximum Gasteiger partial charge on any atom is 0.189 e. The van der Waals surface area contributed by atoms with Crippen molar-refractivity contribution in [2.75, 3.05) is 18.4 Å².